The Morgan fingerprint density at radius 2 is 1.87 bits per heavy atom. The molecule has 2 rings (SSSR count). The van der Waals surface area contributed by atoms with E-state index in [0.29, 0.717) is 0 Å². The molecule has 1 heterocycles. The number of halogens is 5. The highest BCUT2D eigenvalue weighted by molar-refractivity contribution is 5.75. The quantitative estimate of drug-likeness (QED) is 0.835. The Labute approximate surface area is 129 Å². The van der Waals surface area contributed by atoms with E-state index in [1.807, 2.05) is 0 Å². The van der Waals surface area contributed by atoms with Crippen molar-refractivity contribution in [1.82, 2.24) is 0 Å². The monoisotopic (exact) mass is 338 g/mol. The number of aliphatic carboxylic acids is 1. The standard InChI is InChI=1S/C15H15F5O3/c1-6-8(4-5-9(16)11(6)17)10-7(2)14(3,15(18,19)20)23-12(10)13(21)22/h4-5,7,10,12H,1-3H3,(H,21,22). The summed E-state index contributed by atoms with van der Waals surface area (Å²) in [7, 11) is 0. The molecular formula is C15H15F5O3. The van der Waals surface area contributed by atoms with Gasteiger partial charge in [0.15, 0.2) is 23.3 Å². The minimum atomic E-state index is -4.80. The number of carbonyl (C=O) groups is 1. The van der Waals surface area contributed by atoms with Crippen molar-refractivity contribution >= 4 is 5.97 Å². The van der Waals surface area contributed by atoms with Crippen LogP contribution in [0.2, 0.25) is 0 Å². The van der Waals surface area contributed by atoms with Gasteiger partial charge in [0.1, 0.15) is 0 Å². The van der Waals surface area contributed by atoms with Crippen molar-refractivity contribution < 1.29 is 36.6 Å². The molecule has 0 bridgehead atoms. The van der Waals surface area contributed by atoms with Crippen molar-refractivity contribution in [2.45, 2.75) is 44.6 Å². The second-order valence-corrected chi connectivity index (χ2v) is 5.87. The van der Waals surface area contributed by atoms with E-state index >= 15 is 0 Å². The second-order valence-electron chi connectivity index (χ2n) is 5.87. The third-order valence-corrected chi connectivity index (χ3v) is 4.65. The fraction of sp³-hybridized carbons (Fsp3) is 0.533. The molecule has 0 aliphatic carbocycles. The number of alkyl halides is 3. The number of rotatable bonds is 2. The third kappa shape index (κ3) is 2.58. The Hall–Kier alpha value is -1.70. The predicted octanol–water partition coefficient (Wildman–Crippen LogP) is 3.80. The first kappa shape index (κ1) is 17.7. The van der Waals surface area contributed by atoms with Crippen LogP contribution in [0.15, 0.2) is 12.1 Å². The highest BCUT2D eigenvalue weighted by Gasteiger charge is 2.65. The largest absolute Gasteiger partial charge is 0.479 e. The summed E-state index contributed by atoms with van der Waals surface area (Å²) in [5.41, 5.74) is -2.92. The highest BCUT2D eigenvalue weighted by atomic mass is 19.4. The van der Waals surface area contributed by atoms with Gasteiger partial charge in [-0.1, -0.05) is 13.0 Å². The van der Waals surface area contributed by atoms with E-state index in [0.717, 1.165) is 19.1 Å². The van der Waals surface area contributed by atoms with E-state index in [1.54, 1.807) is 0 Å². The second kappa shape index (κ2) is 5.43. The number of hydrogen-bond donors (Lipinski definition) is 1. The summed E-state index contributed by atoms with van der Waals surface area (Å²) in [5, 5.41) is 9.22. The van der Waals surface area contributed by atoms with Crippen molar-refractivity contribution in [2.24, 2.45) is 5.92 Å². The molecule has 1 saturated heterocycles. The molecule has 23 heavy (non-hydrogen) atoms. The summed E-state index contributed by atoms with van der Waals surface area (Å²) in [6.45, 7) is 3.16. The summed E-state index contributed by atoms with van der Waals surface area (Å²) in [6.07, 6.45) is -6.61. The number of hydrogen-bond acceptors (Lipinski definition) is 2. The maximum atomic E-state index is 13.7. The number of ether oxygens (including phenoxy) is 1. The van der Waals surface area contributed by atoms with Gasteiger partial charge in [-0.2, -0.15) is 13.2 Å². The first-order valence-corrected chi connectivity index (χ1v) is 6.83. The maximum Gasteiger partial charge on any atom is 0.417 e. The lowest BCUT2D eigenvalue weighted by Crippen LogP contribution is -2.47. The van der Waals surface area contributed by atoms with Crippen LogP contribution >= 0.6 is 0 Å². The molecule has 1 fully saturated rings. The molecule has 0 spiro atoms. The Morgan fingerprint density at radius 3 is 2.35 bits per heavy atom. The molecule has 4 atom stereocenters. The van der Waals surface area contributed by atoms with E-state index < -0.39 is 47.3 Å². The topological polar surface area (TPSA) is 46.5 Å². The average molecular weight is 338 g/mol. The number of benzene rings is 1. The third-order valence-electron chi connectivity index (χ3n) is 4.65. The summed E-state index contributed by atoms with van der Waals surface area (Å²) < 4.78 is 71.8. The summed E-state index contributed by atoms with van der Waals surface area (Å²) in [4.78, 5) is 11.3. The Balaban J connectivity index is 2.60. The summed E-state index contributed by atoms with van der Waals surface area (Å²) in [6, 6.07) is 1.88. The zero-order valence-electron chi connectivity index (χ0n) is 12.5. The molecule has 1 aliphatic rings. The fourth-order valence-corrected chi connectivity index (χ4v) is 3.04. The van der Waals surface area contributed by atoms with Gasteiger partial charge in [-0.25, -0.2) is 13.6 Å². The smallest absolute Gasteiger partial charge is 0.417 e. The van der Waals surface area contributed by atoms with Crippen LogP contribution in [-0.2, 0) is 9.53 Å². The van der Waals surface area contributed by atoms with Gasteiger partial charge in [0.25, 0.3) is 0 Å². The average Bonchev–Trinajstić information content (AvgIpc) is 2.71. The molecule has 8 heteroatoms. The van der Waals surface area contributed by atoms with Gasteiger partial charge >= 0.3 is 12.1 Å². The van der Waals surface area contributed by atoms with Crippen molar-refractivity contribution in [3.05, 3.63) is 34.9 Å². The SMILES string of the molecule is Cc1c(C2C(C(=O)O)OC(C)(C(F)(F)F)C2C)ccc(F)c1F. The van der Waals surface area contributed by atoms with Crippen LogP contribution < -0.4 is 0 Å². The van der Waals surface area contributed by atoms with Crippen molar-refractivity contribution in [2.75, 3.05) is 0 Å². The van der Waals surface area contributed by atoms with E-state index in [1.165, 1.54) is 13.8 Å². The van der Waals surface area contributed by atoms with Crippen molar-refractivity contribution in [3.63, 3.8) is 0 Å². The Kier molecular flexibility index (Phi) is 4.17. The van der Waals surface area contributed by atoms with Gasteiger partial charge in [0.05, 0.1) is 0 Å². The fourth-order valence-electron chi connectivity index (χ4n) is 3.04. The molecule has 0 radical (unpaired) electrons. The normalized spacial score (nSPS) is 31.4. The van der Waals surface area contributed by atoms with Gasteiger partial charge in [0.2, 0.25) is 0 Å². The molecule has 0 saturated carbocycles. The molecule has 1 aliphatic heterocycles. The summed E-state index contributed by atoms with van der Waals surface area (Å²) in [5.74, 6) is -6.50. The van der Waals surface area contributed by atoms with Crippen LogP contribution in [-0.4, -0.2) is 29.0 Å². The molecule has 0 amide bonds. The molecule has 3 nitrogen and oxygen atoms in total. The minimum Gasteiger partial charge on any atom is -0.479 e. The van der Waals surface area contributed by atoms with E-state index in [-0.39, 0.29) is 11.1 Å². The van der Waals surface area contributed by atoms with E-state index in [4.69, 9.17) is 4.74 Å². The van der Waals surface area contributed by atoms with Crippen LogP contribution in [0.1, 0.15) is 30.9 Å². The lowest BCUT2D eigenvalue weighted by atomic mass is 9.76. The molecule has 128 valence electrons. The van der Waals surface area contributed by atoms with Gasteiger partial charge in [-0.3, -0.25) is 0 Å². The Bertz CT molecular complexity index is 643. The van der Waals surface area contributed by atoms with Crippen LogP contribution in [0.4, 0.5) is 22.0 Å². The van der Waals surface area contributed by atoms with Gasteiger partial charge < -0.3 is 9.84 Å². The highest BCUT2D eigenvalue weighted by Crippen LogP contribution is 2.53. The number of carboxylic acid groups (broad SMARTS) is 1. The maximum absolute atomic E-state index is 13.7. The van der Waals surface area contributed by atoms with Gasteiger partial charge in [0, 0.05) is 11.8 Å². The lowest BCUT2D eigenvalue weighted by Gasteiger charge is -2.32. The molecule has 1 aromatic carbocycles. The number of carboxylic acids is 1. The first-order chi connectivity index (χ1) is 10.4. The Morgan fingerprint density at radius 1 is 1.30 bits per heavy atom. The van der Waals surface area contributed by atoms with Gasteiger partial charge in [-0.05, 0) is 31.0 Å². The molecular weight excluding hydrogens is 323 g/mol. The first-order valence-electron chi connectivity index (χ1n) is 6.83. The molecule has 1 N–H and O–H groups in total. The van der Waals surface area contributed by atoms with E-state index in [9.17, 15) is 31.9 Å². The van der Waals surface area contributed by atoms with E-state index in [2.05, 4.69) is 0 Å². The van der Waals surface area contributed by atoms with Crippen LogP contribution in [0.25, 0.3) is 0 Å². The molecule has 1 aromatic rings. The zero-order chi connectivity index (χ0) is 17.7. The molecule has 4 unspecified atom stereocenters. The lowest BCUT2D eigenvalue weighted by molar-refractivity contribution is -0.273. The van der Waals surface area contributed by atoms with Crippen LogP contribution in [0, 0.1) is 24.5 Å². The minimum absolute atomic E-state index is 0.00299. The van der Waals surface area contributed by atoms with Crippen LogP contribution in [0.3, 0.4) is 0 Å². The zero-order valence-corrected chi connectivity index (χ0v) is 12.5. The van der Waals surface area contributed by atoms with Gasteiger partial charge in [-0.15, -0.1) is 0 Å². The predicted molar refractivity (Wildman–Crippen MR) is 70.0 cm³/mol. The molecule has 0 aromatic heterocycles. The van der Waals surface area contributed by atoms with Crippen molar-refractivity contribution in [1.29, 1.82) is 0 Å². The summed E-state index contributed by atoms with van der Waals surface area (Å²) >= 11 is 0. The van der Waals surface area contributed by atoms with Crippen LogP contribution in [0.5, 0.6) is 0 Å². The van der Waals surface area contributed by atoms with Crippen molar-refractivity contribution in [3.8, 4) is 0 Å².